The summed E-state index contributed by atoms with van der Waals surface area (Å²) in [5, 5.41) is 0. The number of hydrogen-bond donors (Lipinski definition) is 1. The molecule has 0 aromatic heterocycles. The standard InChI is InChI=1S/C12H18BrNO2/c1-3-9-7-10(13)12(11(14)8-9)16-6-5-15-4-2/h7-8H,3-6,14H2,1-2H3. The highest BCUT2D eigenvalue weighted by Crippen LogP contribution is 2.32. The van der Waals surface area contributed by atoms with E-state index in [4.69, 9.17) is 15.2 Å². The van der Waals surface area contributed by atoms with Crippen LogP contribution in [0.4, 0.5) is 5.69 Å². The van der Waals surface area contributed by atoms with Gasteiger partial charge in [0.15, 0.2) is 5.75 Å². The van der Waals surface area contributed by atoms with Crippen LogP contribution in [0.1, 0.15) is 19.4 Å². The summed E-state index contributed by atoms with van der Waals surface area (Å²) in [5.41, 5.74) is 7.78. The minimum Gasteiger partial charge on any atom is -0.488 e. The fraction of sp³-hybridized carbons (Fsp3) is 0.500. The first-order valence-electron chi connectivity index (χ1n) is 5.47. The molecule has 0 saturated carbocycles. The highest BCUT2D eigenvalue weighted by Gasteiger charge is 2.07. The monoisotopic (exact) mass is 287 g/mol. The van der Waals surface area contributed by atoms with Gasteiger partial charge in [0.1, 0.15) is 6.61 Å². The van der Waals surface area contributed by atoms with Gasteiger partial charge in [0, 0.05) is 6.61 Å². The summed E-state index contributed by atoms with van der Waals surface area (Å²) < 4.78 is 11.7. The lowest BCUT2D eigenvalue weighted by Crippen LogP contribution is -2.08. The van der Waals surface area contributed by atoms with Crippen LogP contribution in [0.5, 0.6) is 5.75 Å². The van der Waals surface area contributed by atoms with Crippen molar-refractivity contribution in [3.8, 4) is 5.75 Å². The molecule has 0 radical (unpaired) electrons. The van der Waals surface area contributed by atoms with Crippen LogP contribution in [0.2, 0.25) is 0 Å². The zero-order valence-corrected chi connectivity index (χ0v) is 11.3. The van der Waals surface area contributed by atoms with Gasteiger partial charge in [-0.1, -0.05) is 6.92 Å². The fourth-order valence-corrected chi connectivity index (χ4v) is 2.01. The van der Waals surface area contributed by atoms with Gasteiger partial charge < -0.3 is 15.2 Å². The molecule has 0 spiro atoms. The molecular weight excluding hydrogens is 270 g/mol. The highest BCUT2D eigenvalue weighted by atomic mass is 79.9. The quantitative estimate of drug-likeness (QED) is 0.646. The molecule has 0 unspecified atom stereocenters. The molecular formula is C12H18BrNO2. The lowest BCUT2D eigenvalue weighted by molar-refractivity contribution is 0.110. The molecule has 0 aliphatic rings. The van der Waals surface area contributed by atoms with Gasteiger partial charge >= 0.3 is 0 Å². The Morgan fingerprint density at radius 1 is 1.25 bits per heavy atom. The maximum Gasteiger partial charge on any atom is 0.156 e. The average Bonchev–Trinajstić information content (AvgIpc) is 2.26. The second-order valence-electron chi connectivity index (χ2n) is 3.39. The molecule has 1 aromatic rings. The molecule has 0 aliphatic heterocycles. The maximum absolute atomic E-state index is 5.92. The molecule has 0 amide bonds. The number of halogens is 1. The number of benzene rings is 1. The Balaban J connectivity index is 2.65. The Bertz CT molecular complexity index is 319. The SMILES string of the molecule is CCOCCOc1c(N)cc(CC)cc1Br. The van der Waals surface area contributed by atoms with Crippen LogP contribution in [0.25, 0.3) is 0 Å². The second kappa shape index (κ2) is 6.76. The van der Waals surface area contributed by atoms with Gasteiger partial charge in [-0.25, -0.2) is 0 Å². The molecule has 2 N–H and O–H groups in total. The van der Waals surface area contributed by atoms with Gasteiger partial charge in [-0.05, 0) is 47.0 Å². The van der Waals surface area contributed by atoms with Crippen molar-refractivity contribution in [3.05, 3.63) is 22.2 Å². The van der Waals surface area contributed by atoms with Crippen LogP contribution >= 0.6 is 15.9 Å². The van der Waals surface area contributed by atoms with Gasteiger partial charge in [0.25, 0.3) is 0 Å². The minimum atomic E-state index is 0.516. The molecule has 0 aliphatic carbocycles. The fourth-order valence-electron chi connectivity index (χ4n) is 1.38. The molecule has 0 saturated heterocycles. The summed E-state index contributed by atoms with van der Waals surface area (Å²) in [5.74, 6) is 0.705. The van der Waals surface area contributed by atoms with Gasteiger partial charge in [0.05, 0.1) is 16.8 Å². The lowest BCUT2D eigenvalue weighted by atomic mass is 10.1. The minimum absolute atomic E-state index is 0.516. The Morgan fingerprint density at radius 3 is 2.56 bits per heavy atom. The van der Waals surface area contributed by atoms with E-state index in [1.54, 1.807) is 0 Å². The number of aryl methyl sites for hydroxylation is 1. The number of nitrogen functional groups attached to an aromatic ring is 1. The number of nitrogens with two attached hydrogens (primary N) is 1. The Hall–Kier alpha value is -0.740. The number of anilines is 1. The third-order valence-electron chi connectivity index (χ3n) is 2.22. The smallest absolute Gasteiger partial charge is 0.156 e. The molecule has 0 fully saturated rings. The van der Waals surface area contributed by atoms with E-state index in [2.05, 4.69) is 22.9 Å². The molecule has 16 heavy (non-hydrogen) atoms. The summed E-state index contributed by atoms with van der Waals surface area (Å²) >= 11 is 3.46. The largest absolute Gasteiger partial charge is 0.488 e. The highest BCUT2D eigenvalue weighted by molar-refractivity contribution is 9.10. The van der Waals surface area contributed by atoms with Crippen molar-refractivity contribution in [1.82, 2.24) is 0 Å². The van der Waals surface area contributed by atoms with E-state index in [-0.39, 0.29) is 0 Å². The summed E-state index contributed by atoms with van der Waals surface area (Å²) in [6, 6.07) is 3.98. The predicted molar refractivity (Wildman–Crippen MR) is 69.9 cm³/mol. The number of ether oxygens (including phenoxy) is 2. The zero-order valence-electron chi connectivity index (χ0n) is 9.75. The van der Waals surface area contributed by atoms with Crippen molar-refractivity contribution in [3.63, 3.8) is 0 Å². The first-order chi connectivity index (χ1) is 7.69. The van der Waals surface area contributed by atoms with E-state index in [0.717, 1.165) is 10.9 Å². The van der Waals surface area contributed by atoms with E-state index >= 15 is 0 Å². The van der Waals surface area contributed by atoms with Crippen molar-refractivity contribution >= 4 is 21.6 Å². The molecule has 0 bridgehead atoms. The van der Waals surface area contributed by atoms with Gasteiger partial charge in [-0.3, -0.25) is 0 Å². The van der Waals surface area contributed by atoms with E-state index in [1.807, 2.05) is 19.1 Å². The zero-order chi connectivity index (χ0) is 12.0. The average molecular weight is 288 g/mol. The van der Waals surface area contributed by atoms with Crippen molar-refractivity contribution in [2.45, 2.75) is 20.3 Å². The van der Waals surface area contributed by atoms with Crippen molar-refractivity contribution in [1.29, 1.82) is 0 Å². The summed E-state index contributed by atoms with van der Waals surface area (Å²) in [6.45, 7) is 5.85. The normalized spacial score (nSPS) is 10.4. The van der Waals surface area contributed by atoms with Gasteiger partial charge in [-0.15, -0.1) is 0 Å². The lowest BCUT2D eigenvalue weighted by Gasteiger charge is -2.12. The van der Waals surface area contributed by atoms with Crippen molar-refractivity contribution in [2.75, 3.05) is 25.6 Å². The topological polar surface area (TPSA) is 44.5 Å². The molecule has 90 valence electrons. The molecule has 1 rings (SSSR count). The predicted octanol–water partition coefficient (Wildman–Crippen LogP) is 3.01. The molecule has 4 heteroatoms. The first-order valence-corrected chi connectivity index (χ1v) is 6.26. The summed E-state index contributed by atoms with van der Waals surface area (Å²) in [7, 11) is 0. The molecule has 0 heterocycles. The van der Waals surface area contributed by atoms with Crippen LogP contribution in [0.3, 0.4) is 0 Å². The van der Waals surface area contributed by atoms with E-state index in [0.29, 0.717) is 31.3 Å². The van der Waals surface area contributed by atoms with E-state index in [1.165, 1.54) is 5.56 Å². The molecule has 3 nitrogen and oxygen atoms in total. The van der Waals surface area contributed by atoms with Crippen molar-refractivity contribution < 1.29 is 9.47 Å². The molecule has 1 aromatic carbocycles. The summed E-state index contributed by atoms with van der Waals surface area (Å²) in [6.07, 6.45) is 0.960. The van der Waals surface area contributed by atoms with Gasteiger partial charge in [-0.2, -0.15) is 0 Å². The second-order valence-corrected chi connectivity index (χ2v) is 4.25. The third kappa shape index (κ3) is 3.68. The van der Waals surface area contributed by atoms with Crippen LogP contribution in [-0.2, 0) is 11.2 Å². The Morgan fingerprint density at radius 2 is 2.00 bits per heavy atom. The summed E-state index contributed by atoms with van der Waals surface area (Å²) in [4.78, 5) is 0. The number of rotatable bonds is 6. The van der Waals surface area contributed by atoms with Crippen LogP contribution < -0.4 is 10.5 Å². The maximum atomic E-state index is 5.92. The van der Waals surface area contributed by atoms with Gasteiger partial charge in [0.2, 0.25) is 0 Å². The Kier molecular flexibility index (Phi) is 5.63. The van der Waals surface area contributed by atoms with Crippen LogP contribution in [0, 0.1) is 0 Å². The third-order valence-corrected chi connectivity index (χ3v) is 2.81. The Labute approximate surface area is 105 Å². The van der Waals surface area contributed by atoms with Crippen molar-refractivity contribution in [2.24, 2.45) is 0 Å². The van der Waals surface area contributed by atoms with Crippen LogP contribution in [0.15, 0.2) is 16.6 Å². The molecule has 0 atom stereocenters. The van der Waals surface area contributed by atoms with Crippen LogP contribution in [-0.4, -0.2) is 19.8 Å². The van der Waals surface area contributed by atoms with E-state index < -0.39 is 0 Å². The first kappa shape index (κ1) is 13.3. The van der Waals surface area contributed by atoms with E-state index in [9.17, 15) is 0 Å². The number of hydrogen-bond acceptors (Lipinski definition) is 3.